The van der Waals surface area contributed by atoms with Gasteiger partial charge in [-0.3, -0.25) is 4.79 Å². The van der Waals surface area contributed by atoms with E-state index in [4.69, 9.17) is 4.42 Å². The predicted octanol–water partition coefficient (Wildman–Crippen LogP) is 4.45. The van der Waals surface area contributed by atoms with Gasteiger partial charge < -0.3 is 9.32 Å². The van der Waals surface area contributed by atoms with E-state index in [2.05, 4.69) is 27.6 Å². The summed E-state index contributed by atoms with van der Waals surface area (Å²) in [5.74, 6) is 1.21. The van der Waals surface area contributed by atoms with E-state index in [0.29, 0.717) is 0 Å². The van der Waals surface area contributed by atoms with Gasteiger partial charge in [0.1, 0.15) is 5.52 Å². The van der Waals surface area contributed by atoms with Gasteiger partial charge in [0.15, 0.2) is 11.5 Å². The molecule has 0 aliphatic carbocycles. The Morgan fingerprint density at radius 3 is 2.54 bits per heavy atom. The summed E-state index contributed by atoms with van der Waals surface area (Å²) in [7, 11) is 0. The Kier molecular flexibility index (Phi) is 4.26. The Labute approximate surface area is 154 Å². The van der Waals surface area contributed by atoms with Crippen LogP contribution in [0.1, 0.15) is 35.0 Å². The molecule has 24 heavy (non-hydrogen) atoms. The lowest BCUT2D eigenvalue weighted by Gasteiger charge is -2.31. The number of hydrogen-bond acceptors (Lipinski definition) is 3. The van der Waals surface area contributed by atoms with Crippen molar-refractivity contribution in [2.24, 2.45) is 0 Å². The lowest BCUT2D eigenvalue weighted by molar-refractivity contribution is 0.0705. The highest BCUT2D eigenvalue weighted by atomic mass is 127. The Balaban J connectivity index is 1.47. The highest BCUT2D eigenvalue weighted by molar-refractivity contribution is 14.1. The molecule has 1 saturated heterocycles. The van der Waals surface area contributed by atoms with Crippen molar-refractivity contribution in [1.82, 2.24) is 9.88 Å². The van der Waals surface area contributed by atoms with E-state index in [9.17, 15) is 4.79 Å². The van der Waals surface area contributed by atoms with Gasteiger partial charge in [0, 0.05) is 22.6 Å². The van der Waals surface area contributed by atoms with Crippen LogP contribution < -0.4 is 0 Å². The molecule has 1 aromatic heterocycles. The second-order valence-corrected chi connectivity index (χ2v) is 7.23. The Morgan fingerprint density at radius 1 is 1.08 bits per heavy atom. The first kappa shape index (κ1) is 15.6. The largest absolute Gasteiger partial charge is 0.440 e. The standard InChI is InChI=1S/C19H17IN2O2/c20-15-6-2-1-5-14(15)19(23)22-11-9-13(10-12-22)18-21-16-7-3-4-8-17(16)24-18/h1-8,13H,9-12H2. The van der Waals surface area contributed by atoms with Crippen LogP contribution in [-0.2, 0) is 0 Å². The summed E-state index contributed by atoms with van der Waals surface area (Å²) in [6.07, 6.45) is 1.78. The Morgan fingerprint density at radius 2 is 1.79 bits per heavy atom. The van der Waals surface area contributed by atoms with Crippen LogP contribution in [0.15, 0.2) is 52.9 Å². The fraction of sp³-hybridized carbons (Fsp3) is 0.263. The number of oxazole rings is 1. The molecule has 0 spiro atoms. The van der Waals surface area contributed by atoms with Gasteiger partial charge in [-0.1, -0.05) is 24.3 Å². The molecule has 122 valence electrons. The molecular weight excluding hydrogens is 415 g/mol. The van der Waals surface area contributed by atoms with Crippen LogP contribution in [0.2, 0.25) is 0 Å². The normalized spacial score (nSPS) is 15.8. The zero-order chi connectivity index (χ0) is 16.5. The summed E-state index contributed by atoms with van der Waals surface area (Å²) >= 11 is 2.22. The second-order valence-electron chi connectivity index (χ2n) is 6.07. The molecule has 1 aliphatic rings. The highest BCUT2D eigenvalue weighted by Crippen LogP contribution is 2.30. The number of carbonyl (C=O) groups is 1. The van der Waals surface area contributed by atoms with Crippen LogP contribution in [0, 0.1) is 3.57 Å². The van der Waals surface area contributed by atoms with E-state index >= 15 is 0 Å². The van der Waals surface area contributed by atoms with E-state index < -0.39 is 0 Å². The van der Waals surface area contributed by atoms with Gasteiger partial charge in [-0.2, -0.15) is 0 Å². The van der Waals surface area contributed by atoms with Crippen molar-refractivity contribution in [2.75, 3.05) is 13.1 Å². The molecule has 1 fully saturated rings. The number of amides is 1. The maximum atomic E-state index is 12.7. The third kappa shape index (κ3) is 2.92. The molecule has 0 bridgehead atoms. The fourth-order valence-electron chi connectivity index (χ4n) is 3.20. The maximum absolute atomic E-state index is 12.7. The smallest absolute Gasteiger partial charge is 0.254 e. The number of carbonyl (C=O) groups excluding carboxylic acids is 1. The third-order valence-electron chi connectivity index (χ3n) is 4.55. The SMILES string of the molecule is O=C(c1ccccc1I)N1CCC(c2nc3ccccc3o2)CC1. The van der Waals surface area contributed by atoms with Crippen molar-refractivity contribution in [2.45, 2.75) is 18.8 Å². The first-order chi connectivity index (χ1) is 11.7. The number of halogens is 1. The number of benzene rings is 2. The summed E-state index contributed by atoms with van der Waals surface area (Å²) in [5.41, 5.74) is 2.54. The van der Waals surface area contributed by atoms with Crippen molar-refractivity contribution in [3.05, 3.63) is 63.6 Å². The molecule has 1 aliphatic heterocycles. The van der Waals surface area contributed by atoms with Crippen LogP contribution in [0.25, 0.3) is 11.1 Å². The van der Waals surface area contributed by atoms with Crippen molar-refractivity contribution in [1.29, 1.82) is 0 Å². The number of fused-ring (bicyclic) bond motifs is 1. The Hall–Kier alpha value is -1.89. The molecule has 2 aromatic carbocycles. The summed E-state index contributed by atoms with van der Waals surface area (Å²) in [4.78, 5) is 19.2. The van der Waals surface area contributed by atoms with E-state index in [1.54, 1.807) is 0 Å². The summed E-state index contributed by atoms with van der Waals surface area (Å²) in [6.45, 7) is 1.49. The first-order valence-corrected chi connectivity index (χ1v) is 9.19. The van der Waals surface area contributed by atoms with E-state index in [-0.39, 0.29) is 11.8 Å². The zero-order valence-electron chi connectivity index (χ0n) is 13.1. The quantitative estimate of drug-likeness (QED) is 0.563. The van der Waals surface area contributed by atoms with Gasteiger partial charge in [0.2, 0.25) is 0 Å². The van der Waals surface area contributed by atoms with Gasteiger partial charge in [-0.05, 0) is 59.7 Å². The van der Waals surface area contributed by atoms with Gasteiger partial charge in [0.05, 0.1) is 5.56 Å². The minimum Gasteiger partial charge on any atom is -0.440 e. The molecule has 0 unspecified atom stereocenters. The molecule has 1 amide bonds. The third-order valence-corrected chi connectivity index (χ3v) is 5.49. The fourth-order valence-corrected chi connectivity index (χ4v) is 3.82. The van der Waals surface area contributed by atoms with Crippen molar-refractivity contribution < 1.29 is 9.21 Å². The van der Waals surface area contributed by atoms with Crippen LogP contribution in [0.5, 0.6) is 0 Å². The summed E-state index contributed by atoms with van der Waals surface area (Å²) in [6, 6.07) is 15.6. The van der Waals surface area contributed by atoms with Gasteiger partial charge in [0.25, 0.3) is 5.91 Å². The van der Waals surface area contributed by atoms with Crippen molar-refractivity contribution >= 4 is 39.6 Å². The Bertz CT molecular complexity index is 849. The monoisotopic (exact) mass is 432 g/mol. The van der Waals surface area contributed by atoms with Crippen LogP contribution >= 0.6 is 22.6 Å². The van der Waals surface area contributed by atoms with E-state index in [0.717, 1.165) is 52.1 Å². The molecule has 0 radical (unpaired) electrons. The number of aromatic nitrogens is 1. The number of hydrogen-bond donors (Lipinski definition) is 0. The van der Waals surface area contributed by atoms with Crippen molar-refractivity contribution in [3.63, 3.8) is 0 Å². The molecular formula is C19H17IN2O2. The molecule has 4 rings (SSSR count). The predicted molar refractivity (Wildman–Crippen MR) is 101 cm³/mol. The summed E-state index contributed by atoms with van der Waals surface area (Å²) < 4.78 is 6.89. The van der Waals surface area contributed by atoms with Gasteiger partial charge >= 0.3 is 0 Å². The number of para-hydroxylation sites is 2. The lowest BCUT2D eigenvalue weighted by atomic mass is 9.96. The number of likely N-dealkylation sites (tertiary alicyclic amines) is 1. The first-order valence-electron chi connectivity index (χ1n) is 8.11. The number of rotatable bonds is 2. The molecule has 2 heterocycles. The average molecular weight is 432 g/mol. The molecule has 0 N–H and O–H groups in total. The van der Waals surface area contributed by atoms with Gasteiger partial charge in [-0.25, -0.2) is 4.98 Å². The minimum atomic E-state index is 0.121. The molecule has 0 saturated carbocycles. The van der Waals surface area contributed by atoms with E-state index in [1.807, 2.05) is 53.4 Å². The van der Waals surface area contributed by atoms with Gasteiger partial charge in [-0.15, -0.1) is 0 Å². The van der Waals surface area contributed by atoms with Crippen LogP contribution in [-0.4, -0.2) is 28.9 Å². The second kappa shape index (κ2) is 6.55. The molecule has 5 heteroatoms. The van der Waals surface area contributed by atoms with Crippen LogP contribution in [0.3, 0.4) is 0 Å². The topological polar surface area (TPSA) is 46.3 Å². The number of nitrogens with zero attached hydrogens (tertiary/aromatic N) is 2. The average Bonchev–Trinajstić information content (AvgIpc) is 3.06. The lowest BCUT2D eigenvalue weighted by Crippen LogP contribution is -2.38. The van der Waals surface area contributed by atoms with E-state index in [1.165, 1.54) is 0 Å². The molecule has 3 aromatic rings. The molecule has 4 nitrogen and oxygen atoms in total. The zero-order valence-corrected chi connectivity index (χ0v) is 15.3. The van der Waals surface area contributed by atoms with Crippen LogP contribution in [0.4, 0.5) is 0 Å². The maximum Gasteiger partial charge on any atom is 0.254 e. The van der Waals surface area contributed by atoms with Crippen molar-refractivity contribution in [3.8, 4) is 0 Å². The molecule has 0 atom stereocenters. The summed E-state index contributed by atoms with van der Waals surface area (Å²) in [5, 5.41) is 0. The number of piperidine rings is 1. The highest BCUT2D eigenvalue weighted by Gasteiger charge is 2.28. The minimum absolute atomic E-state index is 0.121.